The highest BCUT2D eigenvalue weighted by Gasteiger charge is 1.95. The minimum Gasteiger partial charge on any atom is -0.378 e. The van der Waals surface area contributed by atoms with Crippen molar-refractivity contribution in [3.63, 3.8) is 0 Å². The van der Waals surface area contributed by atoms with Crippen LogP contribution in [-0.2, 0) is 4.74 Å². The number of ether oxygens (including phenoxy) is 1. The highest BCUT2D eigenvalue weighted by molar-refractivity contribution is 4.42. The fraction of sp³-hybridized carbons (Fsp3) is 1.00. The monoisotopic (exact) mass is 135 g/mol. The molecule has 1 unspecified atom stereocenters. The van der Waals surface area contributed by atoms with Gasteiger partial charge in [0.25, 0.3) is 0 Å². The van der Waals surface area contributed by atoms with Gasteiger partial charge in [-0.2, -0.15) is 0 Å². The Balaban J connectivity index is 2.75. The number of rotatable bonds is 5. The summed E-state index contributed by atoms with van der Waals surface area (Å²) in [5.74, 6) is 0. The van der Waals surface area contributed by atoms with E-state index in [4.69, 9.17) is 10.5 Å². The number of halogens is 1. The Morgan fingerprint density at radius 2 is 2.33 bits per heavy atom. The van der Waals surface area contributed by atoms with Crippen molar-refractivity contribution >= 4 is 0 Å². The van der Waals surface area contributed by atoms with Crippen LogP contribution < -0.4 is 5.73 Å². The normalized spacial score (nSPS) is 13.7. The van der Waals surface area contributed by atoms with Crippen molar-refractivity contribution in [1.29, 1.82) is 0 Å². The fourth-order valence-electron chi connectivity index (χ4n) is 0.431. The lowest BCUT2D eigenvalue weighted by atomic mass is 10.4. The van der Waals surface area contributed by atoms with Crippen LogP contribution in [0.15, 0.2) is 0 Å². The first kappa shape index (κ1) is 8.85. The third kappa shape index (κ3) is 7.85. The highest BCUT2D eigenvalue weighted by atomic mass is 19.1. The Kier molecular flexibility index (Phi) is 5.88. The van der Waals surface area contributed by atoms with Gasteiger partial charge in [0.2, 0.25) is 0 Å². The predicted molar refractivity (Wildman–Crippen MR) is 35.1 cm³/mol. The van der Waals surface area contributed by atoms with Gasteiger partial charge in [-0.1, -0.05) is 0 Å². The molecule has 0 aliphatic heterocycles. The Labute approximate surface area is 55.2 Å². The van der Waals surface area contributed by atoms with Gasteiger partial charge in [0.15, 0.2) is 0 Å². The van der Waals surface area contributed by atoms with Gasteiger partial charge in [0.05, 0.1) is 6.61 Å². The van der Waals surface area contributed by atoms with E-state index in [2.05, 4.69) is 0 Å². The standard InChI is InChI=1S/C6H14FNO/c1-6(7)5-9-4-2-3-8/h6H,2-5,8H2,1H3. The summed E-state index contributed by atoms with van der Waals surface area (Å²) < 4.78 is 16.9. The van der Waals surface area contributed by atoms with Crippen LogP contribution in [0.3, 0.4) is 0 Å². The van der Waals surface area contributed by atoms with Gasteiger partial charge in [0.1, 0.15) is 6.17 Å². The lowest BCUT2D eigenvalue weighted by Gasteiger charge is -2.02. The predicted octanol–water partition coefficient (Wildman–Crippen LogP) is 0.710. The molecule has 0 heterocycles. The van der Waals surface area contributed by atoms with Gasteiger partial charge in [-0.15, -0.1) is 0 Å². The van der Waals surface area contributed by atoms with Crippen LogP contribution in [0, 0.1) is 0 Å². The Morgan fingerprint density at radius 3 is 2.78 bits per heavy atom. The molecule has 9 heavy (non-hydrogen) atoms. The first-order valence-electron chi connectivity index (χ1n) is 3.19. The van der Waals surface area contributed by atoms with Gasteiger partial charge >= 0.3 is 0 Å². The molecule has 0 fully saturated rings. The summed E-state index contributed by atoms with van der Waals surface area (Å²) in [6.45, 7) is 2.86. The third-order valence-corrected chi connectivity index (χ3v) is 0.840. The van der Waals surface area contributed by atoms with E-state index in [0.29, 0.717) is 13.2 Å². The van der Waals surface area contributed by atoms with Crippen molar-refractivity contribution in [3.8, 4) is 0 Å². The number of alkyl halides is 1. The van der Waals surface area contributed by atoms with Crippen LogP contribution in [0.1, 0.15) is 13.3 Å². The zero-order valence-corrected chi connectivity index (χ0v) is 5.77. The highest BCUT2D eigenvalue weighted by Crippen LogP contribution is 1.89. The topological polar surface area (TPSA) is 35.2 Å². The summed E-state index contributed by atoms with van der Waals surface area (Å²) in [6.07, 6.45) is -0.0463. The summed E-state index contributed by atoms with van der Waals surface area (Å²) in [7, 11) is 0. The molecule has 0 aromatic heterocycles. The minimum absolute atomic E-state index is 0.194. The SMILES string of the molecule is CC(F)COCCCN. The van der Waals surface area contributed by atoms with E-state index >= 15 is 0 Å². The van der Waals surface area contributed by atoms with Crippen LogP contribution in [0.4, 0.5) is 4.39 Å². The lowest BCUT2D eigenvalue weighted by molar-refractivity contribution is 0.0869. The molecule has 1 atom stereocenters. The van der Waals surface area contributed by atoms with Crippen molar-refractivity contribution in [2.45, 2.75) is 19.5 Å². The molecule has 0 radical (unpaired) electrons. The Hall–Kier alpha value is -0.150. The average Bonchev–Trinajstić information content (AvgIpc) is 1.80. The molecule has 56 valence electrons. The van der Waals surface area contributed by atoms with Crippen molar-refractivity contribution in [2.24, 2.45) is 5.73 Å². The van der Waals surface area contributed by atoms with E-state index in [1.807, 2.05) is 0 Å². The third-order valence-electron chi connectivity index (χ3n) is 0.840. The molecule has 0 saturated carbocycles. The zero-order chi connectivity index (χ0) is 7.11. The van der Waals surface area contributed by atoms with Crippen LogP contribution in [-0.4, -0.2) is 25.9 Å². The number of hydrogen-bond acceptors (Lipinski definition) is 2. The second-order valence-electron chi connectivity index (χ2n) is 2.00. The largest absolute Gasteiger partial charge is 0.378 e. The average molecular weight is 135 g/mol. The van der Waals surface area contributed by atoms with Crippen LogP contribution in [0.5, 0.6) is 0 Å². The van der Waals surface area contributed by atoms with Gasteiger partial charge in [-0.3, -0.25) is 0 Å². The van der Waals surface area contributed by atoms with Gasteiger partial charge in [-0.25, -0.2) is 4.39 Å². The Morgan fingerprint density at radius 1 is 1.67 bits per heavy atom. The molecule has 0 spiro atoms. The molecule has 0 aromatic rings. The molecule has 0 rings (SSSR count). The first-order chi connectivity index (χ1) is 4.27. The summed E-state index contributed by atoms with van der Waals surface area (Å²) in [5, 5.41) is 0. The number of hydrogen-bond donors (Lipinski definition) is 1. The molecular formula is C6H14FNO. The molecule has 0 amide bonds. The maximum atomic E-state index is 12.0. The molecule has 0 aliphatic carbocycles. The van der Waals surface area contributed by atoms with Crippen molar-refractivity contribution in [1.82, 2.24) is 0 Å². The summed E-state index contributed by atoms with van der Waals surface area (Å²) >= 11 is 0. The summed E-state index contributed by atoms with van der Waals surface area (Å²) in [6, 6.07) is 0. The van der Waals surface area contributed by atoms with Gasteiger partial charge < -0.3 is 10.5 Å². The summed E-state index contributed by atoms with van der Waals surface area (Å²) in [5.41, 5.74) is 5.17. The molecule has 0 aliphatic rings. The molecule has 0 saturated heterocycles. The maximum absolute atomic E-state index is 12.0. The molecule has 2 N–H and O–H groups in total. The van der Waals surface area contributed by atoms with Crippen LogP contribution in [0.25, 0.3) is 0 Å². The van der Waals surface area contributed by atoms with E-state index in [9.17, 15) is 4.39 Å². The van der Waals surface area contributed by atoms with E-state index < -0.39 is 6.17 Å². The molecule has 0 bridgehead atoms. The fourth-order valence-corrected chi connectivity index (χ4v) is 0.431. The summed E-state index contributed by atoms with van der Waals surface area (Å²) in [4.78, 5) is 0. The molecule has 2 nitrogen and oxygen atoms in total. The zero-order valence-electron chi connectivity index (χ0n) is 5.77. The van der Waals surface area contributed by atoms with E-state index in [-0.39, 0.29) is 6.61 Å². The molecule has 3 heteroatoms. The van der Waals surface area contributed by atoms with Gasteiger partial charge in [0, 0.05) is 6.61 Å². The van der Waals surface area contributed by atoms with Gasteiger partial charge in [-0.05, 0) is 19.9 Å². The van der Waals surface area contributed by atoms with Crippen LogP contribution in [0.2, 0.25) is 0 Å². The van der Waals surface area contributed by atoms with E-state index in [1.54, 1.807) is 0 Å². The second-order valence-corrected chi connectivity index (χ2v) is 2.00. The van der Waals surface area contributed by atoms with Crippen molar-refractivity contribution < 1.29 is 9.13 Å². The van der Waals surface area contributed by atoms with Crippen LogP contribution >= 0.6 is 0 Å². The Bertz CT molecular complexity index is 59.0. The second kappa shape index (κ2) is 5.98. The number of nitrogens with two attached hydrogens (primary N) is 1. The van der Waals surface area contributed by atoms with E-state index in [1.165, 1.54) is 6.92 Å². The lowest BCUT2D eigenvalue weighted by Crippen LogP contribution is -2.09. The van der Waals surface area contributed by atoms with E-state index in [0.717, 1.165) is 6.42 Å². The van der Waals surface area contributed by atoms with Crippen molar-refractivity contribution in [3.05, 3.63) is 0 Å². The van der Waals surface area contributed by atoms with Crippen molar-refractivity contribution in [2.75, 3.05) is 19.8 Å². The smallest absolute Gasteiger partial charge is 0.121 e. The molecular weight excluding hydrogens is 121 g/mol. The quantitative estimate of drug-likeness (QED) is 0.563. The maximum Gasteiger partial charge on any atom is 0.121 e. The minimum atomic E-state index is -0.859. The molecule has 0 aromatic carbocycles. The first-order valence-corrected chi connectivity index (χ1v) is 3.19.